The van der Waals surface area contributed by atoms with E-state index >= 15 is 0 Å². The van der Waals surface area contributed by atoms with Crippen LogP contribution in [0.4, 0.5) is 0 Å². The molecule has 0 bridgehead atoms. The number of ether oxygens (including phenoxy) is 2. The van der Waals surface area contributed by atoms with E-state index in [-0.39, 0.29) is 25.1 Å². The molecule has 0 saturated carbocycles. The minimum atomic E-state index is -0.121. The van der Waals surface area contributed by atoms with E-state index in [1.54, 1.807) is 14.2 Å². The lowest BCUT2D eigenvalue weighted by Gasteiger charge is -2.34. The standard InChI is InChI=1S/C14H21ClN2O3.ClH/c1-19-12-4-3-10(13(15)14(12)20-2)11(9-18)17-7-5-16-6-8-17;/h3-4,11,16,18H,5-9H2,1-2H3;1H/t11-;/m1./s1. The monoisotopic (exact) mass is 336 g/mol. The van der Waals surface area contributed by atoms with Gasteiger partial charge in [-0.2, -0.15) is 0 Å². The summed E-state index contributed by atoms with van der Waals surface area (Å²) >= 11 is 6.43. The van der Waals surface area contributed by atoms with Crippen molar-refractivity contribution in [1.82, 2.24) is 10.2 Å². The summed E-state index contributed by atoms with van der Waals surface area (Å²) < 4.78 is 10.6. The van der Waals surface area contributed by atoms with Gasteiger partial charge in [0.25, 0.3) is 0 Å². The Labute approximate surface area is 136 Å². The second-order valence-electron chi connectivity index (χ2n) is 4.69. The Morgan fingerprint density at radius 1 is 1.29 bits per heavy atom. The largest absolute Gasteiger partial charge is 0.493 e. The number of methoxy groups -OCH3 is 2. The molecule has 0 spiro atoms. The van der Waals surface area contributed by atoms with Crippen LogP contribution in [-0.2, 0) is 0 Å². The zero-order valence-corrected chi connectivity index (χ0v) is 13.8. The fourth-order valence-corrected chi connectivity index (χ4v) is 2.93. The number of nitrogens with zero attached hydrogens (tertiary/aromatic N) is 1. The van der Waals surface area contributed by atoms with Crippen molar-refractivity contribution in [3.05, 3.63) is 22.7 Å². The Morgan fingerprint density at radius 2 is 1.95 bits per heavy atom. The average molecular weight is 337 g/mol. The van der Waals surface area contributed by atoms with Crippen LogP contribution in [0.25, 0.3) is 0 Å². The number of nitrogens with one attached hydrogen (secondary N) is 1. The molecule has 2 rings (SSSR count). The number of benzene rings is 1. The van der Waals surface area contributed by atoms with Crippen molar-refractivity contribution in [3.8, 4) is 11.5 Å². The van der Waals surface area contributed by atoms with E-state index in [0.717, 1.165) is 31.7 Å². The molecule has 1 atom stereocenters. The zero-order valence-electron chi connectivity index (χ0n) is 12.3. The molecule has 1 fully saturated rings. The lowest BCUT2D eigenvalue weighted by Crippen LogP contribution is -2.46. The highest BCUT2D eigenvalue weighted by Crippen LogP contribution is 2.40. The Hall–Kier alpha value is -0.720. The molecule has 0 radical (unpaired) electrons. The lowest BCUT2D eigenvalue weighted by atomic mass is 10.0. The van der Waals surface area contributed by atoms with Crippen molar-refractivity contribution >= 4 is 24.0 Å². The fraction of sp³-hybridized carbons (Fsp3) is 0.571. The van der Waals surface area contributed by atoms with Gasteiger partial charge in [0, 0.05) is 26.2 Å². The predicted octanol–water partition coefficient (Wildman–Crippen LogP) is 1.72. The van der Waals surface area contributed by atoms with E-state index in [2.05, 4.69) is 10.2 Å². The smallest absolute Gasteiger partial charge is 0.179 e. The van der Waals surface area contributed by atoms with Gasteiger partial charge in [-0.1, -0.05) is 17.7 Å². The third kappa shape index (κ3) is 3.93. The van der Waals surface area contributed by atoms with Crippen LogP contribution in [0.15, 0.2) is 12.1 Å². The SMILES string of the molecule is COc1ccc([C@@H](CO)N2CCNCC2)c(Cl)c1OC.Cl. The van der Waals surface area contributed by atoms with Gasteiger partial charge in [0.15, 0.2) is 11.5 Å². The molecule has 5 nitrogen and oxygen atoms in total. The maximum Gasteiger partial charge on any atom is 0.179 e. The first-order valence-electron chi connectivity index (χ1n) is 6.69. The van der Waals surface area contributed by atoms with Crippen molar-refractivity contribution in [2.45, 2.75) is 6.04 Å². The summed E-state index contributed by atoms with van der Waals surface area (Å²) in [5.41, 5.74) is 0.869. The van der Waals surface area contributed by atoms with Crippen molar-refractivity contribution in [2.75, 3.05) is 47.0 Å². The molecule has 7 heteroatoms. The minimum Gasteiger partial charge on any atom is -0.493 e. The molecule has 0 unspecified atom stereocenters. The van der Waals surface area contributed by atoms with Crippen LogP contribution in [0, 0.1) is 0 Å². The number of aliphatic hydroxyl groups excluding tert-OH is 1. The third-order valence-electron chi connectivity index (χ3n) is 3.64. The minimum absolute atomic E-state index is 0. The molecule has 1 saturated heterocycles. The Bertz CT molecular complexity index is 454. The van der Waals surface area contributed by atoms with Gasteiger partial charge in [-0.3, -0.25) is 4.90 Å². The molecule has 120 valence electrons. The molecule has 0 amide bonds. The fourth-order valence-electron chi connectivity index (χ4n) is 2.57. The molecule has 1 aromatic carbocycles. The van der Waals surface area contributed by atoms with Crippen LogP contribution in [0.1, 0.15) is 11.6 Å². The summed E-state index contributed by atoms with van der Waals surface area (Å²) in [6, 6.07) is 3.60. The quantitative estimate of drug-likeness (QED) is 0.857. The van der Waals surface area contributed by atoms with E-state index in [1.165, 1.54) is 0 Å². The van der Waals surface area contributed by atoms with E-state index in [9.17, 15) is 5.11 Å². The van der Waals surface area contributed by atoms with E-state index < -0.39 is 0 Å². The molecule has 1 aromatic rings. The lowest BCUT2D eigenvalue weighted by molar-refractivity contribution is 0.110. The molecule has 2 N–H and O–H groups in total. The van der Waals surface area contributed by atoms with E-state index in [4.69, 9.17) is 21.1 Å². The molecule has 21 heavy (non-hydrogen) atoms. The highest BCUT2D eigenvalue weighted by Gasteiger charge is 2.25. The number of halogens is 2. The predicted molar refractivity (Wildman–Crippen MR) is 86.1 cm³/mol. The molecular formula is C14H22Cl2N2O3. The average Bonchev–Trinajstić information content (AvgIpc) is 2.50. The van der Waals surface area contributed by atoms with Crippen LogP contribution < -0.4 is 14.8 Å². The first-order valence-corrected chi connectivity index (χ1v) is 7.06. The number of hydrogen-bond acceptors (Lipinski definition) is 5. The summed E-state index contributed by atoms with van der Waals surface area (Å²) in [6.45, 7) is 3.63. The summed E-state index contributed by atoms with van der Waals surface area (Å²) in [4.78, 5) is 2.23. The number of aliphatic hydroxyl groups is 1. The number of piperazine rings is 1. The van der Waals surface area contributed by atoms with Gasteiger partial charge in [-0.25, -0.2) is 0 Å². The zero-order chi connectivity index (χ0) is 14.5. The van der Waals surface area contributed by atoms with Crippen LogP contribution in [0.3, 0.4) is 0 Å². The van der Waals surface area contributed by atoms with Crippen LogP contribution in [0.5, 0.6) is 11.5 Å². The van der Waals surface area contributed by atoms with Crippen LogP contribution in [-0.4, -0.2) is 57.0 Å². The molecule has 1 aliphatic heterocycles. The normalized spacial score (nSPS) is 17.0. The first-order chi connectivity index (χ1) is 9.72. The highest BCUT2D eigenvalue weighted by molar-refractivity contribution is 6.33. The first kappa shape index (κ1) is 18.3. The molecule has 0 aromatic heterocycles. The van der Waals surface area contributed by atoms with Crippen molar-refractivity contribution in [3.63, 3.8) is 0 Å². The van der Waals surface area contributed by atoms with Crippen molar-refractivity contribution < 1.29 is 14.6 Å². The Morgan fingerprint density at radius 3 is 2.48 bits per heavy atom. The molecule has 1 heterocycles. The van der Waals surface area contributed by atoms with Gasteiger partial charge in [0.2, 0.25) is 0 Å². The van der Waals surface area contributed by atoms with E-state index in [0.29, 0.717) is 16.5 Å². The van der Waals surface area contributed by atoms with Gasteiger partial charge < -0.3 is 19.9 Å². The van der Waals surface area contributed by atoms with Crippen LogP contribution >= 0.6 is 24.0 Å². The van der Waals surface area contributed by atoms with Gasteiger partial charge in [0.1, 0.15) is 0 Å². The van der Waals surface area contributed by atoms with Gasteiger partial charge >= 0.3 is 0 Å². The van der Waals surface area contributed by atoms with Crippen molar-refractivity contribution in [1.29, 1.82) is 0 Å². The summed E-state index contributed by atoms with van der Waals surface area (Å²) in [5, 5.41) is 13.6. The Balaban J connectivity index is 0.00000220. The molecule has 1 aliphatic rings. The van der Waals surface area contributed by atoms with Gasteiger partial charge in [-0.15, -0.1) is 12.4 Å². The topological polar surface area (TPSA) is 54.0 Å². The van der Waals surface area contributed by atoms with Gasteiger partial charge in [0.05, 0.1) is 31.9 Å². The second-order valence-corrected chi connectivity index (χ2v) is 5.07. The maximum atomic E-state index is 9.75. The van der Waals surface area contributed by atoms with Crippen molar-refractivity contribution in [2.24, 2.45) is 0 Å². The van der Waals surface area contributed by atoms with Gasteiger partial charge in [-0.05, 0) is 11.6 Å². The number of rotatable bonds is 5. The molecule has 0 aliphatic carbocycles. The Kier molecular flexibility index (Phi) is 7.56. The number of hydrogen-bond donors (Lipinski definition) is 2. The third-order valence-corrected chi connectivity index (χ3v) is 4.03. The second kappa shape index (κ2) is 8.66. The summed E-state index contributed by atoms with van der Waals surface area (Å²) in [6.07, 6.45) is 0. The summed E-state index contributed by atoms with van der Waals surface area (Å²) in [5.74, 6) is 1.11. The van der Waals surface area contributed by atoms with Crippen LogP contribution in [0.2, 0.25) is 5.02 Å². The van der Waals surface area contributed by atoms with E-state index in [1.807, 2.05) is 12.1 Å². The summed E-state index contributed by atoms with van der Waals surface area (Å²) in [7, 11) is 3.14. The molecular weight excluding hydrogens is 315 g/mol. The highest BCUT2D eigenvalue weighted by atomic mass is 35.5. The maximum absolute atomic E-state index is 9.75.